The monoisotopic (exact) mass is 313 g/mol. The van der Waals surface area contributed by atoms with E-state index in [1.165, 1.54) is 12.1 Å². The summed E-state index contributed by atoms with van der Waals surface area (Å²) in [6.45, 7) is 5.93. The molecule has 0 aromatic heterocycles. The molecule has 2 rings (SSSR count). The van der Waals surface area contributed by atoms with Crippen LogP contribution in [0.5, 0.6) is 0 Å². The summed E-state index contributed by atoms with van der Waals surface area (Å²) in [6, 6.07) is 2.51. The summed E-state index contributed by atoms with van der Waals surface area (Å²) in [5, 5.41) is 28.7. The van der Waals surface area contributed by atoms with Gasteiger partial charge in [-0.2, -0.15) is 0 Å². The fraction of sp³-hybridized carbons (Fsp3) is 0.500. The lowest BCUT2D eigenvalue weighted by molar-refractivity contribution is -0.109. The summed E-state index contributed by atoms with van der Waals surface area (Å²) in [5.41, 5.74) is 0.978. The van der Waals surface area contributed by atoms with Crippen LogP contribution in [0.2, 0.25) is 0 Å². The van der Waals surface area contributed by atoms with Gasteiger partial charge >= 0.3 is 0 Å². The molecule has 1 fully saturated rings. The normalized spacial score (nSPS) is 26.2. The van der Waals surface area contributed by atoms with Gasteiger partial charge in [0, 0.05) is 25.2 Å². The number of aliphatic hydroxyl groups excluding tert-OH is 3. The number of piperidine rings is 1. The van der Waals surface area contributed by atoms with Crippen LogP contribution in [-0.2, 0) is 6.42 Å². The van der Waals surface area contributed by atoms with Crippen molar-refractivity contribution < 1.29 is 24.1 Å². The zero-order valence-corrected chi connectivity index (χ0v) is 12.5. The van der Waals surface area contributed by atoms with E-state index in [1.807, 2.05) is 0 Å². The first kappa shape index (κ1) is 17.0. The van der Waals surface area contributed by atoms with Gasteiger partial charge in [-0.15, -0.1) is 0 Å². The predicted molar refractivity (Wildman–Crippen MR) is 79.2 cm³/mol. The second-order valence-corrected chi connectivity index (χ2v) is 5.83. The first-order valence-electron chi connectivity index (χ1n) is 7.20. The molecule has 1 saturated heterocycles. The van der Waals surface area contributed by atoms with E-state index < -0.39 is 29.9 Å². The molecule has 0 amide bonds. The number of hydrogen-bond acceptors (Lipinski definition) is 4. The lowest BCUT2D eigenvalue weighted by Gasteiger charge is -2.36. The summed E-state index contributed by atoms with van der Waals surface area (Å²) in [5.74, 6) is -1.26. The molecule has 0 bridgehead atoms. The molecule has 1 aliphatic rings. The standard InChI is InChI=1S/C16H21F2NO3/c1-9(2)10-5-12(17)11(13(18)6-10)3-4-19-7-14(20)16(22)15(21)8-19/h5-6,14-16,20-22H,1,3-4,7-8H2,2H3. The molecule has 1 aromatic rings. The molecule has 0 spiro atoms. The Hall–Kier alpha value is -1.34. The van der Waals surface area contributed by atoms with Gasteiger partial charge in [0.25, 0.3) is 0 Å². The fourth-order valence-electron chi connectivity index (χ4n) is 2.62. The molecule has 0 saturated carbocycles. The Morgan fingerprint density at radius 1 is 1.18 bits per heavy atom. The molecule has 22 heavy (non-hydrogen) atoms. The van der Waals surface area contributed by atoms with Gasteiger partial charge in [0.1, 0.15) is 17.7 Å². The van der Waals surface area contributed by atoms with Crippen molar-refractivity contribution in [1.82, 2.24) is 4.90 Å². The number of nitrogens with zero attached hydrogens (tertiary/aromatic N) is 1. The van der Waals surface area contributed by atoms with E-state index in [2.05, 4.69) is 6.58 Å². The van der Waals surface area contributed by atoms with Crippen LogP contribution in [0.1, 0.15) is 18.1 Å². The summed E-state index contributed by atoms with van der Waals surface area (Å²) < 4.78 is 28.0. The molecule has 122 valence electrons. The molecular formula is C16H21F2NO3. The zero-order valence-electron chi connectivity index (χ0n) is 12.5. The van der Waals surface area contributed by atoms with E-state index >= 15 is 0 Å². The second kappa shape index (κ2) is 6.83. The van der Waals surface area contributed by atoms with Crippen molar-refractivity contribution in [2.75, 3.05) is 19.6 Å². The molecule has 0 radical (unpaired) electrons. The number of likely N-dealkylation sites (tertiary alicyclic amines) is 1. The highest BCUT2D eigenvalue weighted by molar-refractivity contribution is 5.61. The molecule has 6 heteroatoms. The minimum atomic E-state index is -1.18. The van der Waals surface area contributed by atoms with Crippen LogP contribution < -0.4 is 0 Å². The van der Waals surface area contributed by atoms with Crippen molar-refractivity contribution in [3.8, 4) is 0 Å². The lowest BCUT2D eigenvalue weighted by atomic mass is 10.0. The minimum Gasteiger partial charge on any atom is -0.389 e. The largest absolute Gasteiger partial charge is 0.389 e. The summed E-state index contributed by atoms with van der Waals surface area (Å²) in [4.78, 5) is 1.67. The number of hydrogen-bond donors (Lipinski definition) is 3. The Balaban J connectivity index is 2.04. The summed E-state index contributed by atoms with van der Waals surface area (Å²) in [7, 11) is 0. The molecule has 1 heterocycles. The average Bonchev–Trinajstić information content (AvgIpc) is 2.43. The van der Waals surface area contributed by atoms with Crippen molar-refractivity contribution in [3.63, 3.8) is 0 Å². The van der Waals surface area contributed by atoms with Gasteiger partial charge in [-0.1, -0.05) is 12.2 Å². The van der Waals surface area contributed by atoms with Gasteiger partial charge in [0.15, 0.2) is 0 Å². The number of benzene rings is 1. The van der Waals surface area contributed by atoms with Crippen LogP contribution in [-0.4, -0.2) is 58.2 Å². The number of β-amino-alcohol motifs (C(OH)–C–C–N with tert-alkyl or cyclic N) is 2. The number of rotatable bonds is 4. The highest BCUT2D eigenvalue weighted by atomic mass is 19.1. The first-order chi connectivity index (χ1) is 10.3. The molecule has 3 N–H and O–H groups in total. The van der Waals surface area contributed by atoms with Gasteiger partial charge in [-0.25, -0.2) is 8.78 Å². The van der Waals surface area contributed by atoms with Crippen molar-refractivity contribution in [2.45, 2.75) is 31.7 Å². The molecule has 2 unspecified atom stereocenters. The van der Waals surface area contributed by atoms with E-state index in [9.17, 15) is 24.1 Å². The Morgan fingerprint density at radius 2 is 1.68 bits per heavy atom. The third-order valence-corrected chi connectivity index (χ3v) is 3.99. The minimum absolute atomic E-state index is 0.0277. The van der Waals surface area contributed by atoms with Crippen molar-refractivity contribution >= 4 is 5.57 Å². The Morgan fingerprint density at radius 3 is 2.14 bits per heavy atom. The molecule has 4 nitrogen and oxygen atoms in total. The third-order valence-electron chi connectivity index (χ3n) is 3.99. The van der Waals surface area contributed by atoms with Crippen LogP contribution in [0.15, 0.2) is 18.7 Å². The van der Waals surface area contributed by atoms with Gasteiger partial charge < -0.3 is 15.3 Å². The average molecular weight is 313 g/mol. The number of aliphatic hydroxyl groups is 3. The second-order valence-electron chi connectivity index (χ2n) is 5.83. The van der Waals surface area contributed by atoms with Crippen molar-refractivity contribution in [3.05, 3.63) is 41.5 Å². The highest BCUT2D eigenvalue weighted by Gasteiger charge is 2.33. The van der Waals surface area contributed by atoms with Crippen LogP contribution >= 0.6 is 0 Å². The van der Waals surface area contributed by atoms with Crippen LogP contribution in [0.4, 0.5) is 8.78 Å². The Labute approximate surface area is 128 Å². The van der Waals surface area contributed by atoms with Gasteiger partial charge in [0.2, 0.25) is 0 Å². The Bertz CT molecular complexity index is 529. The maximum absolute atomic E-state index is 14.0. The van der Waals surface area contributed by atoms with Gasteiger partial charge in [0.05, 0.1) is 12.2 Å². The number of halogens is 2. The maximum Gasteiger partial charge on any atom is 0.129 e. The zero-order chi connectivity index (χ0) is 16.4. The maximum atomic E-state index is 14.0. The molecule has 2 atom stereocenters. The third kappa shape index (κ3) is 3.70. The van der Waals surface area contributed by atoms with Crippen LogP contribution in [0.3, 0.4) is 0 Å². The van der Waals surface area contributed by atoms with Crippen LogP contribution in [0.25, 0.3) is 5.57 Å². The van der Waals surface area contributed by atoms with E-state index in [0.29, 0.717) is 11.1 Å². The fourth-order valence-corrected chi connectivity index (χ4v) is 2.62. The van der Waals surface area contributed by atoms with Gasteiger partial charge in [-0.3, -0.25) is 4.90 Å². The van der Waals surface area contributed by atoms with E-state index in [1.54, 1.807) is 11.8 Å². The van der Waals surface area contributed by atoms with Crippen molar-refractivity contribution in [2.24, 2.45) is 0 Å². The first-order valence-corrected chi connectivity index (χ1v) is 7.20. The summed E-state index contributed by atoms with van der Waals surface area (Å²) >= 11 is 0. The smallest absolute Gasteiger partial charge is 0.129 e. The lowest BCUT2D eigenvalue weighted by Crippen LogP contribution is -2.55. The Kier molecular flexibility index (Phi) is 5.28. The molecular weight excluding hydrogens is 292 g/mol. The molecule has 1 aromatic carbocycles. The molecule has 1 aliphatic heterocycles. The number of allylic oxidation sites excluding steroid dienone is 1. The SMILES string of the molecule is C=C(C)c1cc(F)c(CCN2CC(O)C(O)C(O)C2)c(F)c1. The van der Waals surface area contributed by atoms with E-state index in [-0.39, 0.29) is 31.6 Å². The highest BCUT2D eigenvalue weighted by Crippen LogP contribution is 2.21. The van der Waals surface area contributed by atoms with E-state index in [0.717, 1.165) is 0 Å². The van der Waals surface area contributed by atoms with E-state index in [4.69, 9.17) is 0 Å². The van der Waals surface area contributed by atoms with Crippen LogP contribution in [0, 0.1) is 11.6 Å². The predicted octanol–water partition coefficient (Wildman–Crippen LogP) is 0.939. The topological polar surface area (TPSA) is 63.9 Å². The quantitative estimate of drug-likeness (QED) is 0.774. The van der Waals surface area contributed by atoms with Crippen molar-refractivity contribution in [1.29, 1.82) is 0 Å². The summed E-state index contributed by atoms with van der Waals surface area (Å²) in [6.07, 6.45) is -3.20. The molecule has 0 aliphatic carbocycles. The van der Waals surface area contributed by atoms with Gasteiger partial charge in [-0.05, 0) is 31.0 Å².